The van der Waals surface area contributed by atoms with Crippen LogP contribution >= 0.6 is 0 Å². The van der Waals surface area contributed by atoms with Crippen molar-refractivity contribution in [2.24, 2.45) is 23.7 Å². The summed E-state index contributed by atoms with van der Waals surface area (Å²) in [6.45, 7) is 11.0. The Balaban J connectivity index is 3.58. The maximum Gasteiger partial charge on any atom is 0.308 e. The zero-order valence-electron chi connectivity index (χ0n) is 28.9. The SMILES string of the molecule is COC(=O)C(C)CCCCOCCCCC(C)C(=O)OCCOCCOC(=O)C(C)CCCCOCCCCC(C)C(=O)OC. The van der Waals surface area contributed by atoms with Gasteiger partial charge in [-0.15, -0.1) is 0 Å². The van der Waals surface area contributed by atoms with Crippen molar-refractivity contribution in [1.29, 1.82) is 0 Å². The molecule has 0 aromatic heterocycles. The van der Waals surface area contributed by atoms with E-state index >= 15 is 0 Å². The summed E-state index contributed by atoms with van der Waals surface area (Å²) in [7, 11) is 2.82. The summed E-state index contributed by atoms with van der Waals surface area (Å²) in [5, 5.41) is 0. The van der Waals surface area contributed by atoms with Gasteiger partial charge in [0.1, 0.15) is 13.2 Å². The lowest BCUT2D eigenvalue weighted by Gasteiger charge is -2.13. The molecule has 0 aromatic rings. The summed E-state index contributed by atoms with van der Waals surface area (Å²) in [5.41, 5.74) is 0. The topological polar surface area (TPSA) is 133 Å². The molecule has 0 bridgehead atoms. The Bertz CT molecular complexity index is 711. The minimum absolute atomic E-state index is 0.0754. The molecule has 0 heterocycles. The van der Waals surface area contributed by atoms with Gasteiger partial charge in [-0.05, 0) is 51.4 Å². The Morgan fingerprint density at radius 1 is 0.378 bits per heavy atom. The minimum Gasteiger partial charge on any atom is -0.469 e. The summed E-state index contributed by atoms with van der Waals surface area (Å²) in [4.78, 5) is 47.1. The average molecular weight is 647 g/mol. The predicted octanol–water partition coefficient (Wildman–Crippen LogP) is 5.69. The quantitative estimate of drug-likeness (QED) is 0.0541. The van der Waals surface area contributed by atoms with Gasteiger partial charge in [0.15, 0.2) is 0 Å². The third kappa shape index (κ3) is 24.6. The van der Waals surface area contributed by atoms with Crippen LogP contribution in [0.15, 0.2) is 0 Å². The monoisotopic (exact) mass is 646 g/mol. The highest BCUT2D eigenvalue weighted by atomic mass is 16.6. The van der Waals surface area contributed by atoms with E-state index in [4.69, 9.17) is 33.2 Å². The summed E-state index contributed by atoms with van der Waals surface area (Å²) in [6.07, 6.45) is 10.3. The second-order valence-electron chi connectivity index (χ2n) is 11.8. The van der Waals surface area contributed by atoms with Crippen LogP contribution in [0.5, 0.6) is 0 Å². The number of methoxy groups -OCH3 is 2. The van der Waals surface area contributed by atoms with Crippen LogP contribution in [-0.4, -0.2) is 91.0 Å². The maximum atomic E-state index is 12.2. The van der Waals surface area contributed by atoms with Gasteiger partial charge in [0, 0.05) is 26.4 Å². The van der Waals surface area contributed by atoms with Crippen LogP contribution in [-0.2, 0) is 52.3 Å². The molecule has 0 aliphatic heterocycles. The first-order valence-corrected chi connectivity index (χ1v) is 16.9. The van der Waals surface area contributed by atoms with E-state index in [9.17, 15) is 19.2 Å². The molecule has 0 aliphatic carbocycles. The van der Waals surface area contributed by atoms with Gasteiger partial charge in [-0.25, -0.2) is 0 Å². The first-order valence-electron chi connectivity index (χ1n) is 16.9. The number of carbonyl (C=O) groups excluding carboxylic acids is 4. The molecule has 0 amide bonds. The Labute approximate surface area is 271 Å². The lowest BCUT2D eigenvalue weighted by Crippen LogP contribution is -2.20. The standard InChI is InChI=1S/C34H62O11/c1-27(31(35)39-5)15-7-11-19-41-21-13-9-17-29(3)33(37)44-25-23-43-24-26-45-34(38)30(4)18-10-14-22-42-20-12-8-16-28(2)32(36)40-6/h27-30H,7-26H2,1-6H3. The van der Waals surface area contributed by atoms with Crippen molar-refractivity contribution in [2.75, 3.05) is 67.1 Å². The largest absolute Gasteiger partial charge is 0.469 e. The third-order valence-corrected chi connectivity index (χ3v) is 7.66. The number of rotatable bonds is 30. The van der Waals surface area contributed by atoms with Crippen molar-refractivity contribution in [2.45, 2.75) is 105 Å². The highest BCUT2D eigenvalue weighted by Gasteiger charge is 2.16. The molecule has 0 radical (unpaired) electrons. The highest BCUT2D eigenvalue weighted by molar-refractivity contribution is 5.72. The van der Waals surface area contributed by atoms with Crippen LogP contribution in [0.25, 0.3) is 0 Å². The van der Waals surface area contributed by atoms with Crippen LogP contribution in [0.3, 0.4) is 0 Å². The summed E-state index contributed by atoms with van der Waals surface area (Å²) in [6, 6.07) is 0. The number of carbonyl (C=O) groups is 4. The van der Waals surface area contributed by atoms with Crippen LogP contribution in [0, 0.1) is 23.7 Å². The Hall–Kier alpha value is -2.24. The lowest BCUT2D eigenvalue weighted by atomic mass is 10.0. The van der Waals surface area contributed by atoms with E-state index in [-0.39, 0.29) is 74.0 Å². The van der Waals surface area contributed by atoms with E-state index in [1.165, 1.54) is 14.2 Å². The van der Waals surface area contributed by atoms with Gasteiger partial charge in [-0.3, -0.25) is 19.2 Å². The highest BCUT2D eigenvalue weighted by Crippen LogP contribution is 2.13. The van der Waals surface area contributed by atoms with Crippen LogP contribution < -0.4 is 0 Å². The summed E-state index contributed by atoms with van der Waals surface area (Å²) < 4.78 is 36.7. The fourth-order valence-corrected chi connectivity index (χ4v) is 4.49. The van der Waals surface area contributed by atoms with E-state index in [0.29, 0.717) is 26.4 Å². The molecule has 0 spiro atoms. The van der Waals surface area contributed by atoms with Gasteiger partial charge in [0.2, 0.25) is 0 Å². The Morgan fingerprint density at radius 3 is 0.933 bits per heavy atom. The molecule has 11 heteroatoms. The second-order valence-corrected chi connectivity index (χ2v) is 11.8. The first kappa shape index (κ1) is 42.8. The van der Waals surface area contributed by atoms with Crippen molar-refractivity contribution in [1.82, 2.24) is 0 Å². The van der Waals surface area contributed by atoms with Crippen LogP contribution in [0.2, 0.25) is 0 Å². The van der Waals surface area contributed by atoms with Gasteiger partial charge < -0.3 is 33.2 Å². The molecule has 11 nitrogen and oxygen atoms in total. The van der Waals surface area contributed by atoms with Crippen molar-refractivity contribution in [3.63, 3.8) is 0 Å². The molecule has 4 unspecified atom stereocenters. The van der Waals surface area contributed by atoms with Gasteiger partial charge in [-0.1, -0.05) is 53.4 Å². The van der Waals surface area contributed by atoms with E-state index < -0.39 is 0 Å². The molecule has 0 N–H and O–H groups in total. The predicted molar refractivity (Wildman–Crippen MR) is 170 cm³/mol. The van der Waals surface area contributed by atoms with Crippen molar-refractivity contribution < 1.29 is 52.3 Å². The molecule has 4 atom stereocenters. The molecule has 0 aliphatic rings. The van der Waals surface area contributed by atoms with Crippen molar-refractivity contribution in [3.05, 3.63) is 0 Å². The fourth-order valence-electron chi connectivity index (χ4n) is 4.49. The van der Waals surface area contributed by atoms with E-state index in [1.54, 1.807) is 0 Å². The first-order chi connectivity index (χ1) is 21.6. The van der Waals surface area contributed by atoms with E-state index in [0.717, 1.165) is 77.0 Å². The van der Waals surface area contributed by atoms with Crippen molar-refractivity contribution in [3.8, 4) is 0 Å². The van der Waals surface area contributed by atoms with E-state index in [2.05, 4.69) is 0 Å². The van der Waals surface area contributed by atoms with Crippen LogP contribution in [0.4, 0.5) is 0 Å². The molecule has 0 saturated carbocycles. The van der Waals surface area contributed by atoms with Gasteiger partial charge in [0.25, 0.3) is 0 Å². The summed E-state index contributed by atoms with van der Waals surface area (Å²) >= 11 is 0. The number of ether oxygens (including phenoxy) is 7. The number of hydrogen-bond donors (Lipinski definition) is 0. The molecular weight excluding hydrogens is 584 g/mol. The minimum atomic E-state index is -0.241. The Kier molecular flexibility index (Phi) is 27.7. The average Bonchev–Trinajstić information content (AvgIpc) is 3.04. The fraction of sp³-hybridized carbons (Fsp3) is 0.882. The van der Waals surface area contributed by atoms with Crippen molar-refractivity contribution >= 4 is 23.9 Å². The normalized spacial score (nSPS) is 13.8. The van der Waals surface area contributed by atoms with Gasteiger partial charge in [-0.2, -0.15) is 0 Å². The number of esters is 4. The van der Waals surface area contributed by atoms with Gasteiger partial charge in [0.05, 0.1) is 51.1 Å². The maximum absolute atomic E-state index is 12.2. The molecular formula is C34H62O11. The Morgan fingerprint density at radius 2 is 0.644 bits per heavy atom. The molecule has 0 aromatic carbocycles. The molecule has 264 valence electrons. The lowest BCUT2D eigenvalue weighted by molar-refractivity contribution is -0.151. The molecule has 0 fully saturated rings. The smallest absolute Gasteiger partial charge is 0.308 e. The zero-order valence-corrected chi connectivity index (χ0v) is 28.9. The van der Waals surface area contributed by atoms with Gasteiger partial charge >= 0.3 is 23.9 Å². The number of hydrogen-bond acceptors (Lipinski definition) is 11. The van der Waals surface area contributed by atoms with E-state index in [1.807, 2.05) is 27.7 Å². The summed E-state index contributed by atoms with van der Waals surface area (Å²) in [5.74, 6) is -1.34. The molecule has 45 heavy (non-hydrogen) atoms. The number of unbranched alkanes of at least 4 members (excludes halogenated alkanes) is 4. The third-order valence-electron chi connectivity index (χ3n) is 7.66. The molecule has 0 saturated heterocycles. The second kappa shape index (κ2) is 29.2. The molecule has 0 rings (SSSR count). The van der Waals surface area contributed by atoms with Crippen LogP contribution in [0.1, 0.15) is 105 Å². The zero-order chi connectivity index (χ0) is 33.7.